The van der Waals surface area contributed by atoms with Crippen LogP contribution in [0, 0.1) is 13.8 Å². The number of para-hydroxylation sites is 1. The molecular formula is C18H19ClN2. The number of aryl methyl sites for hydroxylation is 2. The first-order valence-corrected chi connectivity index (χ1v) is 7.66. The second-order valence-electron chi connectivity index (χ2n) is 5.54. The van der Waals surface area contributed by atoms with Crippen molar-refractivity contribution in [2.24, 2.45) is 0 Å². The summed E-state index contributed by atoms with van der Waals surface area (Å²) in [6.07, 6.45) is 0. The molecule has 0 aliphatic heterocycles. The minimum atomic E-state index is -0.110. The van der Waals surface area contributed by atoms with Gasteiger partial charge in [-0.25, -0.2) is 4.98 Å². The van der Waals surface area contributed by atoms with Gasteiger partial charge in [0.1, 0.15) is 5.82 Å². The van der Waals surface area contributed by atoms with E-state index >= 15 is 0 Å². The minimum absolute atomic E-state index is 0.110. The second-order valence-corrected chi connectivity index (χ2v) is 6.20. The lowest BCUT2D eigenvalue weighted by atomic mass is 10.1. The van der Waals surface area contributed by atoms with Gasteiger partial charge in [-0.1, -0.05) is 36.4 Å². The first-order valence-electron chi connectivity index (χ1n) is 7.22. The summed E-state index contributed by atoms with van der Waals surface area (Å²) in [5.74, 6) is 0.934. The van der Waals surface area contributed by atoms with Crippen LogP contribution in [-0.2, 0) is 6.54 Å². The summed E-state index contributed by atoms with van der Waals surface area (Å²) in [6.45, 7) is 7.02. The van der Waals surface area contributed by atoms with Crippen LogP contribution in [0.15, 0.2) is 42.5 Å². The SMILES string of the molecule is Cc1ccccc1Cn1c(C(C)Cl)nc2c(C)cccc21. The van der Waals surface area contributed by atoms with Gasteiger partial charge >= 0.3 is 0 Å². The van der Waals surface area contributed by atoms with Crippen LogP contribution >= 0.6 is 11.6 Å². The van der Waals surface area contributed by atoms with Gasteiger partial charge in [-0.05, 0) is 43.5 Å². The largest absolute Gasteiger partial charge is 0.322 e. The van der Waals surface area contributed by atoms with Gasteiger partial charge in [-0.2, -0.15) is 0 Å². The van der Waals surface area contributed by atoms with Crippen LogP contribution in [0.2, 0.25) is 0 Å². The van der Waals surface area contributed by atoms with Crippen molar-refractivity contribution < 1.29 is 0 Å². The van der Waals surface area contributed by atoms with Crippen molar-refractivity contribution in [1.29, 1.82) is 0 Å². The molecule has 1 heterocycles. The molecule has 3 rings (SSSR count). The van der Waals surface area contributed by atoms with Gasteiger partial charge in [0.15, 0.2) is 0 Å². The Hall–Kier alpha value is -1.80. The number of halogens is 1. The number of rotatable bonds is 3. The summed E-state index contributed by atoms with van der Waals surface area (Å²) in [5, 5.41) is -0.110. The number of fused-ring (bicyclic) bond motifs is 1. The smallest absolute Gasteiger partial charge is 0.128 e. The average Bonchev–Trinajstić information content (AvgIpc) is 2.82. The van der Waals surface area contributed by atoms with Gasteiger partial charge in [-0.15, -0.1) is 11.6 Å². The Morgan fingerprint density at radius 2 is 1.76 bits per heavy atom. The number of aromatic nitrogens is 2. The number of nitrogens with zero attached hydrogens (tertiary/aromatic N) is 2. The van der Waals surface area contributed by atoms with Crippen LogP contribution in [0.3, 0.4) is 0 Å². The lowest BCUT2D eigenvalue weighted by Crippen LogP contribution is -2.06. The first kappa shape index (κ1) is 14.2. The molecule has 0 N–H and O–H groups in total. The topological polar surface area (TPSA) is 17.8 Å². The molecule has 0 radical (unpaired) electrons. The van der Waals surface area contributed by atoms with E-state index in [-0.39, 0.29) is 5.38 Å². The molecule has 3 aromatic rings. The predicted octanol–water partition coefficient (Wildman–Crippen LogP) is 5.00. The number of hydrogen-bond acceptors (Lipinski definition) is 1. The summed E-state index contributed by atoms with van der Waals surface area (Å²) in [4.78, 5) is 4.77. The van der Waals surface area contributed by atoms with Gasteiger partial charge in [0.25, 0.3) is 0 Å². The molecule has 108 valence electrons. The van der Waals surface area contributed by atoms with E-state index in [2.05, 4.69) is 60.9 Å². The first-order chi connectivity index (χ1) is 10.1. The molecule has 0 saturated heterocycles. The molecular weight excluding hydrogens is 280 g/mol. The monoisotopic (exact) mass is 298 g/mol. The van der Waals surface area contributed by atoms with Crippen molar-refractivity contribution in [3.63, 3.8) is 0 Å². The quantitative estimate of drug-likeness (QED) is 0.622. The number of imidazole rings is 1. The van der Waals surface area contributed by atoms with Crippen molar-refractivity contribution >= 4 is 22.6 Å². The Bertz CT molecular complexity index is 787. The van der Waals surface area contributed by atoms with Gasteiger partial charge in [0, 0.05) is 6.54 Å². The number of hydrogen-bond donors (Lipinski definition) is 0. The van der Waals surface area contributed by atoms with Crippen molar-refractivity contribution in [3.05, 3.63) is 65.0 Å². The standard InChI is InChI=1S/C18H19ClN2/c1-12-7-4-5-9-15(12)11-21-16-10-6-8-13(2)17(16)20-18(21)14(3)19/h4-10,14H,11H2,1-3H3. The maximum absolute atomic E-state index is 6.35. The summed E-state index contributed by atoms with van der Waals surface area (Å²) < 4.78 is 2.24. The number of alkyl halides is 1. The third-order valence-electron chi connectivity index (χ3n) is 3.96. The molecule has 3 heteroatoms. The Morgan fingerprint density at radius 1 is 1.05 bits per heavy atom. The zero-order chi connectivity index (χ0) is 15.0. The van der Waals surface area contributed by atoms with Crippen molar-refractivity contribution in [2.75, 3.05) is 0 Å². The molecule has 0 bridgehead atoms. The summed E-state index contributed by atoms with van der Waals surface area (Å²) in [5.41, 5.74) is 5.99. The fourth-order valence-corrected chi connectivity index (χ4v) is 2.90. The van der Waals surface area contributed by atoms with E-state index in [4.69, 9.17) is 16.6 Å². The van der Waals surface area contributed by atoms with E-state index in [0.29, 0.717) is 0 Å². The molecule has 21 heavy (non-hydrogen) atoms. The number of benzene rings is 2. The molecule has 0 aliphatic rings. The fourth-order valence-electron chi connectivity index (χ4n) is 2.73. The van der Waals surface area contributed by atoms with E-state index in [0.717, 1.165) is 23.4 Å². The Kier molecular flexibility index (Phi) is 3.73. The van der Waals surface area contributed by atoms with Gasteiger partial charge < -0.3 is 4.57 Å². The molecule has 1 aromatic heterocycles. The predicted molar refractivity (Wildman–Crippen MR) is 89.0 cm³/mol. The van der Waals surface area contributed by atoms with E-state index in [1.54, 1.807) is 0 Å². The van der Waals surface area contributed by atoms with E-state index in [1.807, 2.05) is 6.92 Å². The summed E-state index contributed by atoms with van der Waals surface area (Å²) in [7, 11) is 0. The highest BCUT2D eigenvalue weighted by atomic mass is 35.5. The molecule has 0 aliphatic carbocycles. The second kappa shape index (κ2) is 5.53. The van der Waals surface area contributed by atoms with Crippen LogP contribution in [-0.4, -0.2) is 9.55 Å². The van der Waals surface area contributed by atoms with Crippen LogP contribution in [0.25, 0.3) is 11.0 Å². The maximum atomic E-state index is 6.35. The molecule has 1 atom stereocenters. The van der Waals surface area contributed by atoms with Crippen LogP contribution in [0.5, 0.6) is 0 Å². The van der Waals surface area contributed by atoms with E-state index in [1.165, 1.54) is 16.7 Å². The van der Waals surface area contributed by atoms with E-state index in [9.17, 15) is 0 Å². The lowest BCUT2D eigenvalue weighted by Gasteiger charge is -2.12. The Morgan fingerprint density at radius 3 is 2.48 bits per heavy atom. The molecule has 2 nitrogen and oxygen atoms in total. The zero-order valence-electron chi connectivity index (χ0n) is 12.6. The Labute approximate surface area is 130 Å². The van der Waals surface area contributed by atoms with Crippen molar-refractivity contribution in [2.45, 2.75) is 32.7 Å². The van der Waals surface area contributed by atoms with Gasteiger partial charge in [0.2, 0.25) is 0 Å². The Balaban J connectivity index is 2.19. The van der Waals surface area contributed by atoms with Crippen molar-refractivity contribution in [1.82, 2.24) is 9.55 Å². The molecule has 0 saturated carbocycles. The zero-order valence-corrected chi connectivity index (χ0v) is 13.4. The summed E-state index contributed by atoms with van der Waals surface area (Å²) in [6, 6.07) is 14.8. The summed E-state index contributed by atoms with van der Waals surface area (Å²) >= 11 is 6.35. The highest BCUT2D eigenvalue weighted by Gasteiger charge is 2.16. The highest BCUT2D eigenvalue weighted by molar-refractivity contribution is 6.20. The fraction of sp³-hybridized carbons (Fsp3) is 0.278. The van der Waals surface area contributed by atoms with Gasteiger partial charge in [0.05, 0.1) is 16.4 Å². The van der Waals surface area contributed by atoms with Crippen LogP contribution < -0.4 is 0 Å². The molecule has 1 unspecified atom stereocenters. The van der Waals surface area contributed by atoms with Crippen LogP contribution in [0.1, 0.15) is 34.8 Å². The molecule has 0 amide bonds. The maximum Gasteiger partial charge on any atom is 0.128 e. The third-order valence-corrected chi connectivity index (χ3v) is 4.15. The van der Waals surface area contributed by atoms with E-state index < -0.39 is 0 Å². The molecule has 2 aromatic carbocycles. The minimum Gasteiger partial charge on any atom is -0.322 e. The molecule has 0 fully saturated rings. The van der Waals surface area contributed by atoms with Crippen LogP contribution in [0.4, 0.5) is 0 Å². The average molecular weight is 299 g/mol. The van der Waals surface area contributed by atoms with Gasteiger partial charge in [-0.3, -0.25) is 0 Å². The normalized spacial score (nSPS) is 12.8. The third kappa shape index (κ3) is 2.56. The van der Waals surface area contributed by atoms with Crippen molar-refractivity contribution in [3.8, 4) is 0 Å². The molecule has 0 spiro atoms. The highest BCUT2D eigenvalue weighted by Crippen LogP contribution is 2.27. The lowest BCUT2D eigenvalue weighted by molar-refractivity contribution is 0.739.